The lowest BCUT2D eigenvalue weighted by Gasteiger charge is -2.53. The molecule has 0 saturated carbocycles. The van der Waals surface area contributed by atoms with Gasteiger partial charge < -0.3 is 14.2 Å². The van der Waals surface area contributed by atoms with E-state index in [1.165, 1.54) is 6.42 Å². The third kappa shape index (κ3) is 1.22. The van der Waals surface area contributed by atoms with Crippen LogP contribution in [0.2, 0.25) is 0 Å². The van der Waals surface area contributed by atoms with Crippen LogP contribution in [-0.2, 0) is 14.2 Å². The van der Waals surface area contributed by atoms with Gasteiger partial charge in [-0.05, 0) is 6.42 Å². The number of ether oxygens (including phenoxy) is 3. The lowest BCUT2D eigenvalue weighted by molar-refractivity contribution is -0.413. The van der Waals surface area contributed by atoms with Gasteiger partial charge >= 0.3 is 0 Å². The predicted octanol–water partition coefficient (Wildman–Crippen LogP) is 1.66. The molecule has 0 aromatic rings. The maximum Gasteiger partial charge on any atom is 0.166 e. The monoisotopic (exact) mass is 184 g/mol. The minimum atomic E-state index is 0.0376. The van der Waals surface area contributed by atoms with Crippen molar-refractivity contribution in [1.29, 1.82) is 0 Å². The Morgan fingerprint density at radius 1 is 1.15 bits per heavy atom. The third-order valence-electron chi connectivity index (χ3n) is 3.34. The van der Waals surface area contributed by atoms with Crippen LogP contribution in [-0.4, -0.2) is 24.8 Å². The molecular weight excluding hydrogens is 168 g/mol. The summed E-state index contributed by atoms with van der Waals surface area (Å²) in [6, 6.07) is 0. The summed E-state index contributed by atoms with van der Waals surface area (Å²) in [5.74, 6) is 0.484. The maximum absolute atomic E-state index is 5.79. The summed E-state index contributed by atoms with van der Waals surface area (Å²) in [5, 5.41) is 0. The van der Waals surface area contributed by atoms with E-state index in [1.54, 1.807) is 0 Å². The first-order valence-electron chi connectivity index (χ1n) is 5.33. The van der Waals surface area contributed by atoms with Gasteiger partial charge in [0.1, 0.15) is 0 Å². The molecule has 4 bridgehead atoms. The molecule has 4 fully saturated rings. The Kier molecular flexibility index (Phi) is 1.86. The van der Waals surface area contributed by atoms with E-state index in [0.717, 1.165) is 19.3 Å². The third-order valence-corrected chi connectivity index (χ3v) is 3.34. The van der Waals surface area contributed by atoms with Gasteiger partial charge in [-0.1, -0.05) is 13.3 Å². The molecule has 4 saturated heterocycles. The molecule has 5 unspecified atom stereocenters. The van der Waals surface area contributed by atoms with E-state index in [0.29, 0.717) is 18.1 Å². The zero-order valence-corrected chi connectivity index (χ0v) is 7.94. The van der Waals surface area contributed by atoms with Crippen molar-refractivity contribution < 1.29 is 14.2 Å². The van der Waals surface area contributed by atoms with E-state index in [2.05, 4.69) is 6.92 Å². The van der Waals surface area contributed by atoms with E-state index in [-0.39, 0.29) is 12.6 Å². The first-order chi connectivity index (χ1) is 6.36. The molecule has 0 aliphatic carbocycles. The second-order valence-corrected chi connectivity index (χ2v) is 4.29. The largest absolute Gasteiger partial charge is 0.349 e. The molecule has 0 amide bonds. The molecule has 5 atom stereocenters. The van der Waals surface area contributed by atoms with Crippen LogP contribution in [0.25, 0.3) is 0 Å². The summed E-state index contributed by atoms with van der Waals surface area (Å²) in [7, 11) is 0. The average molecular weight is 184 g/mol. The molecule has 0 N–H and O–H groups in total. The second kappa shape index (κ2) is 2.94. The highest BCUT2D eigenvalue weighted by Crippen LogP contribution is 2.43. The van der Waals surface area contributed by atoms with Crippen LogP contribution in [0.5, 0.6) is 0 Å². The number of hydrogen-bond donors (Lipinski definition) is 0. The van der Waals surface area contributed by atoms with Crippen LogP contribution in [0.3, 0.4) is 0 Å². The average Bonchev–Trinajstić information content (AvgIpc) is 2.10. The van der Waals surface area contributed by atoms with Gasteiger partial charge in [-0.25, -0.2) is 0 Å². The topological polar surface area (TPSA) is 27.7 Å². The molecule has 74 valence electrons. The lowest BCUT2D eigenvalue weighted by atomic mass is 9.85. The van der Waals surface area contributed by atoms with E-state index in [4.69, 9.17) is 14.2 Å². The summed E-state index contributed by atoms with van der Waals surface area (Å²) in [5.41, 5.74) is 0. The van der Waals surface area contributed by atoms with Crippen molar-refractivity contribution in [2.75, 3.05) is 0 Å². The van der Waals surface area contributed by atoms with Gasteiger partial charge in [0.05, 0.1) is 12.2 Å². The minimum Gasteiger partial charge on any atom is -0.349 e. The van der Waals surface area contributed by atoms with Crippen LogP contribution in [0, 0.1) is 5.92 Å². The molecule has 4 aliphatic heterocycles. The second-order valence-electron chi connectivity index (χ2n) is 4.29. The molecule has 3 nitrogen and oxygen atoms in total. The molecular formula is C10H16O3. The quantitative estimate of drug-likeness (QED) is 0.653. The standard InChI is InChI=1S/C10H16O3/c1-2-3-7-8-4-6-5-9(12-8)13-10(7)11-6/h6-10H,2-5H2,1H3. The van der Waals surface area contributed by atoms with Crippen molar-refractivity contribution in [2.24, 2.45) is 5.92 Å². The molecule has 4 heterocycles. The minimum absolute atomic E-state index is 0.0376. The van der Waals surface area contributed by atoms with Crippen molar-refractivity contribution in [2.45, 2.75) is 57.4 Å². The Morgan fingerprint density at radius 2 is 2.08 bits per heavy atom. The summed E-state index contributed by atoms with van der Waals surface area (Å²) < 4.78 is 17.2. The van der Waals surface area contributed by atoms with Gasteiger partial charge in [0, 0.05) is 18.8 Å². The highest BCUT2D eigenvalue weighted by atomic mass is 16.8. The summed E-state index contributed by atoms with van der Waals surface area (Å²) in [6.07, 6.45) is 5.27. The summed E-state index contributed by atoms with van der Waals surface area (Å²) in [4.78, 5) is 0. The first kappa shape index (κ1) is 8.21. The molecule has 4 rings (SSSR count). The highest BCUT2D eigenvalue weighted by Gasteiger charge is 2.50. The predicted molar refractivity (Wildman–Crippen MR) is 46.0 cm³/mol. The Hall–Kier alpha value is -0.120. The summed E-state index contributed by atoms with van der Waals surface area (Å²) in [6.45, 7) is 2.20. The maximum atomic E-state index is 5.79. The smallest absolute Gasteiger partial charge is 0.166 e. The fourth-order valence-corrected chi connectivity index (χ4v) is 2.75. The van der Waals surface area contributed by atoms with Crippen LogP contribution in [0.15, 0.2) is 0 Å². The number of rotatable bonds is 2. The Morgan fingerprint density at radius 3 is 2.77 bits per heavy atom. The zero-order valence-electron chi connectivity index (χ0n) is 7.94. The zero-order chi connectivity index (χ0) is 8.84. The van der Waals surface area contributed by atoms with Gasteiger partial charge in [-0.3, -0.25) is 0 Å². The lowest BCUT2D eigenvalue weighted by Crippen LogP contribution is -2.59. The molecule has 0 aromatic heterocycles. The number of hydrogen-bond acceptors (Lipinski definition) is 3. The van der Waals surface area contributed by atoms with Gasteiger partial charge in [-0.15, -0.1) is 0 Å². The van der Waals surface area contributed by atoms with E-state index in [9.17, 15) is 0 Å². The molecule has 3 heteroatoms. The van der Waals surface area contributed by atoms with Crippen molar-refractivity contribution in [1.82, 2.24) is 0 Å². The molecule has 0 aromatic carbocycles. The molecule has 0 radical (unpaired) electrons. The molecule has 13 heavy (non-hydrogen) atoms. The van der Waals surface area contributed by atoms with Crippen LogP contribution < -0.4 is 0 Å². The van der Waals surface area contributed by atoms with Gasteiger partial charge in [0.25, 0.3) is 0 Å². The molecule has 0 spiro atoms. The Bertz CT molecular complexity index is 176. The van der Waals surface area contributed by atoms with Crippen molar-refractivity contribution in [3.63, 3.8) is 0 Å². The van der Waals surface area contributed by atoms with Crippen molar-refractivity contribution in [3.8, 4) is 0 Å². The van der Waals surface area contributed by atoms with Crippen LogP contribution in [0.4, 0.5) is 0 Å². The SMILES string of the molecule is CCCC1C2CC3CC(O2)OC1O3. The Labute approximate surface area is 78.3 Å². The van der Waals surface area contributed by atoms with Crippen molar-refractivity contribution in [3.05, 3.63) is 0 Å². The first-order valence-corrected chi connectivity index (χ1v) is 5.33. The fourth-order valence-electron chi connectivity index (χ4n) is 2.75. The van der Waals surface area contributed by atoms with E-state index in [1.807, 2.05) is 0 Å². The van der Waals surface area contributed by atoms with Crippen LogP contribution >= 0.6 is 0 Å². The van der Waals surface area contributed by atoms with Gasteiger partial charge in [0.2, 0.25) is 0 Å². The van der Waals surface area contributed by atoms with E-state index >= 15 is 0 Å². The molecule has 4 aliphatic rings. The normalized spacial score (nSPS) is 52.8. The summed E-state index contributed by atoms with van der Waals surface area (Å²) >= 11 is 0. The van der Waals surface area contributed by atoms with Gasteiger partial charge in [0.15, 0.2) is 12.6 Å². The van der Waals surface area contributed by atoms with Crippen molar-refractivity contribution >= 4 is 0 Å². The van der Waals surface area contributed by atoms with Crippen LogP contribution in [0.1, 0.15) is 32.6 Å². The van der Waals surface area contributed by atoms with E-state index < -0.39 is 0 Å². The van der Waals surface area contributed by atoms with Gasteiger partial charge in [-0.2, -0.15) is 0 Å². The fraction of sp³-hybridized carbons (Fsp3) is 1.00. The Balaban J connectivity index is 1.77. The highest BCUT2D eigenvalue weighted by molar-refractivity contribution is 4.90.